The van der Waals surface area contributed by atoms with Crippen molar-refractivity contribution in [2.45, 2.75) is 36.1 Å². The number of benzene rings is 2. The number of nitrogens with one attached hydrogen (secondary N) is 1. The number of carbonyl (C=O) groups is 3. The van der Waals surface area contributed by atoms with E-state index in [9.17, 15) is 14.4 Å². The number of imide groups is 1. The van der Waals surface area contributed by atoms with Gasteiger partial charge in [0.15, 0.2) is 0 Å². The van der Waals surface area contributed by atoms with Crippen LogP contribution < -0.4 is 5.32 Å². The number of thioether (sulfide) groups is 1. The van der Waals surface area contributed by atoms with Gasteiger partial charge in [-0.05, 0) is 41.8 Å². The molecule has 4 rings (SSSR count). The molecule has 0 aromatic heterocycles. The van der Waals surface area contributed by atoms with Crippen molar-refractivity contribution in [3.8, 4) is 6.07 Å². The van der Waals surface area contributed by atoms with Gasteiger partial charge in [0, 0.05) is 29.2 Å². The molecular weight excluding hydrogens is 374 g/mol. The van der Waals surface area contributed by atoms with Crippen molar-refractivity contribution in [2.75, 3.05) is 0 Å². The first-order valence-electron chi connectivity index (χ1n) is 8.95. The van der Waals surface area contributed by atoms with E-state index in [4.69, 9.17) is 5.26 Å². The number of piperidine rings is 1. The van der Waals surface area contributed by atoms with Crippen molar-refractivity contribution in [1.29, 1.82) is 5.26 Å². The predicted molar refractivity (Wildman–Crippen MR) is 103 cm³/mol. The second-order valence-electron chi connectivity index (χ2n) is 6.78. The number of nitriles is 1. The molecule has 2 heterocycles. The second kappa shape index (κ2) is 7.49. The van der Waals surface area contributed by atoms with Gasteiger partial charge in [0.1, 0.15) is 6.04 Å². The molecule has 0 bridgehead atoms. The maximum atomic E-state index is 12.8. The maximum Gasteiger partial charge on any atom is 0.255 e. The summed E-state index contributed by atoms with van der Waals surface area (Å²) in [5.74, 6) is -0.182. The number of hydrogen-bond acceptors (Lipinski definition) is 5. The fourth-order valence-corrected chi connectivity index (χ4v) is 4.61. The molecule has 2 aromatic rings. The Kier molecular flexibility index (Phi) is 4.88. The minimum Gasteiger partial charge on any atom is -0.322 e. The minimum absolute atomic E-state index is 0.168. The molecule has 1 N–H and O–H groups in total. The first kappa shape index (κ1) is 18.3. The molecule has 2 aliphatic heterocycles. The van der Waals surface area contributed by atoms with Crippen molar-refractivity contribution in [1.82, 2.24) is 10.2 Å². The van der Waals surface area contributed by atoms with Gasteiger partial charge in [-0.25, -0.2) is 0 Å². The van der Waals surface area contributed by atoms with Crippen LogP contribution in [0.5, 0.6) is 0 Å². The van der Waals surface area contributed by atoms with E-state index in [0.29, 0.717) is 29.8 Å². The highest BCUT2D eigenvalue weighted by Crippen LogP contribution is 2.35. The van der Waals surface area contributed by atoms with Crippen molar-refractivity contribution in [3.63, 3.8) is 0 Å². The van der Waals surface area contributed by atoms with E-state index in [1.54, 1.807) is 28.8 Å². The number of amides is 3. The van der Waals surface area contributed by atoms with Crippen LogP contribution in [0.3, 0.4) is 0 Å². The average molecular weight is 391 g/mol. The molecule has 2 aliphatic rings. The molecule has 7 heteroatoms. The lowest BCUT2D eigenvalue weighted by atomic mass is 10.0. The third-order valence-electron chi connectivity index (χ3n) is 4.99. The monoisotopic (exact) mass is 391 g/mol. The topological polar surface area (TPSA) is 90.3 Å². The Morgan fingerprint density at radius 2 is 2.00 bits per heavy atom. The lowest BCUT2D eigenvalue weighted by molar-refractivity contribution is -0.136. The lowest BCUT2D eigenvalue weighted by Gasteiger charge is -2.29. The van der Waals surface area contributed by atoms with Gasteiger partial charge >= 0.3 is 0 Å². The van der Waals surface area contributed by atoms with Crippen molar-refractivity contribution < 1.29 is 14.4 Å². The van der Waals surface area contributed by atoms with Crippen LogP contribution in [0.1, 0.15) is 39.9 Å². The summed E-state index contributed by atoms with van der Waals surface area (Å²) < 4.78 is 0. The van der Waals surface area contributed by atoms with E-state index in [1.807, 2.05) is 30.3 Å². The van der Waals surface area contributed by atoms with Gasteiger partial charge in [0.2, 0.25) is 11.8 Å². The summed E-state index contributed by atoms with van der Waals surface area (Å²) in [6.45, 7) is 0.363. The number of rotatable bonds is 4. The van der Waals surface area contributed by atoms with Gasteiger partial charge in [-0.3, -0.25) is 19.7 Å². The van der Waals surface area contributed by atoms with Crippen LogP contribution in [0.25, 0.3) is 0 Å². The van der Waals surface area contributed by atoms with E-state index in [1.165, 1.54) is 0 Å². The molecule has 1 atom stereocenters. The summed E-state index contributed by atoms with van der Waals surface area (Å²) in [5, 5.41) is 11.4. The van der Waals surface area contributed by atoms with Crippen LogP contribution in [0, 0.1) is 11.3 Å². The Balaban J connectivity index is 1.53. The summed E-state index contributed by atoms with van der Waals surface area (Å²) >= 11 is 1.61. The summed E-state index contributed by atoms with van der Waals surface area (Å²) in [5.41, 5.74) is 3.18. The van der Waals surface area contributed by atoms with Crippen LogP contribution in [0.2, 0.25) is 0 Å². The highest BCUT2D eigenvalue weighted by atomic mass is 32.2. The highest BCUT2D eigenvalue weighted by Gasteiger charge is 2.39. The Hall–Kier alpha value is -3.11. The molecule has 3 amide bonds. The molecule has 2 aromatic carbocycles. The number of carbonyl (C=O) groups excluding carboxylic acids is 3. The molecule has 0 spiro atoms. The van der Waals surface area contributed by atoms with Gasteiger partial charge in [0.05, 0.1) is 11.6 Å². The zero-order valence-electron chi connectivity index (χ0n) is 15.0. The van der Waals surface area contributed by atoms with Crippen molar-refractivity contribution in [2.24, 2.45) is 0 Å². The van der Waals surface area contributed by atoms with E-state index < -0.39 is 11.9 Å². The van der Waals surface area contributed by atoms with E-state index in [0.717, 1.165) is 16.0 Å². The summed E-state index contributed by atoms with van der Waals surface area (Å²) in [4.78, 5) is 39.0. The van der Waals surface area contributed by atoms with Crippen LogP contribution in [-0.4, -0.2) is 28.7 Å². The second-order valence-corrected chi connectivity index (χ2v) is 7.80. The fraction of sp³-hybridized carbons (Fsp3) is 0.238. The smallest absolute Gasteiger partial charge is 0.255 e. The van der Waals surface area contributed by atoms with Crippen LogP contribution in [0.4, 0.5) is 0 Å². The fourth-order valence-electron chi connectivity index (χ4n) is 3.58. The Morgan fingerprint density at radius 3 is 2.79 bits per heavy atom. The first-order valence-corrected chi connectivity index (χ1v) is 9.94. The Labute approximate surface area is 166 Å². The normalized spacial score (nSPS) is 18.6. The molecule has 6 nitrogen and oxygen atoms in total. The van der Waals surface area contributed by atoms with Crippen LogP contribution in [0.15, 0.2) is 47.4 Å². The van der Waals surface area contributed by atoms with Gasteiger partial charge in [-0.15, -0.1) is 11.8 Å². The molecule has 0 radical (unpaired) electrons. The van der Waals surface area contributed by atoms with Gasteiger partial charge in [-0.2, -0.15) is 5.26 Å². The lowest BCUT2D eigenvalue weighted by Crippen LogP contribution is -2.52. The zero-order chi connectivity index (χ0) is 19.7. The molecule has 1 saturated heterocycles. The van der Waals surface area contributed by atoms with Gasteiger partial charge < -0.3 is 4.90 Å². The Morgan fingerprint density at radius 1 is 1.18 bits per heavy atom. The Bertz CT molecular complexity index is 1030. The average Bonchev–Trinajstić information content (AvgIpc) is 3.04. The predicted octanol–water partition coefficient (Wildman–Crippen LogP) is 2.61. The third kappa shape index (κ3) is 3.39. The zero-order valence-corrected chi connectivity index (χ0v) is 15.8. The molecular formula is C21H17N3O3S. The molecule has 140 valence electrons. The maximum absolute atomic E-state index is 12.8. The summed E-state index contributed by atoms with van der Waals surface area (Å²) in [6, 6.07) is 14.6. The molecule has 0 saturated carbocycles. The number of fused-ring (bicyclic) bond motifs is 1. The molecule has 0 aliphatic carbocycles. The van der Waals surface area contributed by atoms with E-state index in [-0.39, 0.29) is 18.2 Å². The molecule has 28 heavy (non-hydrogen) atoms. The summed E-state index contributed by atoms with van der Waals surface area (Å²) in [6.07, 6.45) is 0.598. The quantitative estimate of drug-likeness (QED) is 0.639. The largest absolute Gasteiger partial charge is 0.322 e. The molecule has 1 fully saturated rings. The highest BCUT2D eigenvalue weighted by molar-refractivity contribution is 7.98. The van der Waals surface area contributed by atoms with Crippen LogP contribution >= 0.6 is 11.8 Å². The van der Waals surface area contributed by atoms with E-state index >= 15 is 0 Å². The standard InChI is InChI=1S/C21H17N3O3S/c22-10-13-3-1-4-14(9-13)12-28-18-6-2-5-15-16(18)11-24(21(15)27)17-7-8-19(25)23-20(17)26/h1-6,9,17H,7-8,11-12H2,(H,23,25,26). The minimum atomic E-state index is -0.609. The van der Waals surface area contributed by atoms with Crippen molar-refractivity contribution in [3.05, 3.63) is 64.7 Å². The van der Waals surface area contributed by atoms with E-state index in [2.05, 4.69) is 11.4 Å². The number of hydrogen-bond donors (Lipinski definition) is 1. The third-order valence-corrected chi connectivity index (χ3v) is 6.16. The van der Waals surface area contributed by atoms with Gasteiger partial charge in [-0.1, -0.05) is 18.2 Å². The SMILES string of the molecule is N#Cc1cccc(CSc2cccc3c2CN(C2CCC(=O)NC2=O)C3=O)c1. The first-order chi connectivity index (χ1) is 13.6. The summed E-state index contributed by atoms with van der Waals surface area (Å²) in [7, 11) is 0. The number of nitrogens with zero attached hydrogens (tertiary/aromatic N) is 2. The van der Waals surface area contributed by atoms with Gasteiger partial charge in [0.25, 0.3) is 5.91 Å². The molecule has 1 unspecified atom stereocenters. The van der Waals surface area contributed by atoms with Crippen molar-refractivity contribution >= 4 is 29.5 Å². The van der Waals surface area contributed by atoms with Crippen LogP contribution in [-0.2, 0) is 21.9 Å².